The zero-order valence-electron chi connectivity index (χ0n) is 16.8. The number of carbonyl (C=O) groups is 2. The SMILES string of the molecule is COc1cccc(NC(=O)CN2C(=O)[C@@](O)(c3cccc(C)c3)c3ccccc32)c1. The fourth-order valence-corrected chi connectivity index (χ4v) is 3.79. The molecule has 0 spiro atoms. The van der Waals surface area contributed by atoms with E-state index in [9.17, 15) is 14.7 Å². The van der Waals surface area contributed by atoms with Crippen molar-refractivity contribution in [2.45, 2.75) is 12.5 Å². The average molecular weight is 402 g/mol. The molecule has 0 saturated heterocycles. The minimum atomic E-state index is -1.83. The van der Waals surface area contributed by atoms with Gasteiger partial charge < -0.3 is 15.2 Å². The maximum Gasteiger partial charge on any atom is 0.268 e. The van der Waals surface area contributed by atoms with Crippen molar-refractivity contribution in [2.75, 3.05) is 23.9 Å². The first-order valence-electron chi connectivity index (χ1n) is 9.58. The molecule has 0 bridgehead atoms. The Morgan fingerprint density at radius 3 is 2.60 bits per heavy atom. The van der Waals surface area contributed by atoms with Crippen LogP contribution in [0.2, 0.25) is 0 Å². The Hall–Kier alpha value is -3.64. The first-order chi connectivity index (χ1) is 14.4. The van der Waals surface area contributed by atoms with Crippen LogP contribution in [0.1, 0.15) is 16.7 Å². The topological polar surface area (TPSA) is 78.9 Å². The van der Waals surface area contributed by atoms with Gasteiger partial charge in [-0.05, 0) is 30.7 Å². The van der Waals surface area contributed by atoms with Crippen LogP contribution in [0.5, 0.6) is 5.75 Å². The third-order valence-corrected chi connectivity index (χ3v) is 5.23. The van der Waals surface area contributed by atoms with Crippen LogP contribution in [0.4, 0.5) is 11.4 Å². The molecule has 1 aliphatic rings. The van der Waals surface area contributed by atoms with Gasteiger partial charge in [0.25, 0.3) is 5.91 Å². The Morgan fingerprint density at radius 2 is 1.83 bits per heavy atom. The van der Waals surface area contributed by atoms with Crippen molar-refractivity contribution in [1.29, 1.82) is 0 Å². The van der Waals surface area contributed by atoms with Crippen LogP contribution < -0.4 is 15.0 Å². The number of para-hydroxylation sites is 1. The number of amides is 2. The number of aryl methyl sites for hydroxylation is 1. The summed E-state index contributed by atoms with van der Waals surface area (Å²) in [7, 11) is 1.55. The summed E-state index contributed by atoms with van der Waals surface area (Å²) < 4.78 is 5.17. The lowest BCUT2D eigenvalue weighted by Crippen LogP contribution is -2.44. The fraction of sp³-hybridized carbons (Fsp3) is 0.167. The zero-order valence-corrected chi connectivity index (χ0v) is 16.8. The molecule has 6 heteroatoms. The van der Waals surface area contributed by atoms with Crippen molar-refractivity contribution < 1.29 is 19.4 Å². The highest BCUT2D eigenvalue weighted by Crippen LogP contribution is 2.44. The largest absolute Gasteiger partial charge is 0.497 e. The van der Waals surface area contributed by atoms with Crippen molar-refractivity contribution in [1.82, 2.24) is 0 Å². The van der Waals surface area contributed by atoms with Gasteiger partial charge in [0.05, 0.1) is 12.8 Å². The van der Waals surface area contributed by atoms with E-state index in [1.54, 1.807) is 73.8 Å². The Kier molecular flexibility index (Phi) is 5.01. The van der Waals surface area contributed by atoms with E-state index in [4.69, 9.17) is 4.74 Å². The van der Waals surface area contributed by atoms with Gasteiger partial charge in [-0.15, -0.1) is 0 Å². The Balaban J connectivity index is 1.64. The highest BCUT2D eigenvalue weighted by Gasteiger charge is 2.51. The molecule has 0 aliphatic carbocycles. The van der Waals surface area contributed by atoms with Crippen molar-refractivity contribution in [2.24, 2.45) is 0 Å². The van der Waals surface area contributed by atoms with Gasteiger partial charge in [0, 0.05) is 17.3 Å². The van der Waals surface area contributed by atoms with Crippen LogP contribution in [0.25, 0.3) is 0 Å². The van der Waals surface area contributed by atoms with E-state index >= 15 is 0 Å². The lowest BCUT2D eigenvalue weighted by molar-refractivity contribution is -0.133. The molecule has 30 heavy (non-hydrogen) atoms. The standard InChI is InChI=1S/C24H22N2O4/c1-16-7-5-8-17(13-16)24(29)20-11-3-4-12-21(20)26(23(24)28)15-22(27)25-18-9-6-10-19(14-18)30-2/h3-14,29H,15H2,1-2H3,(H,25,27)/t24-/m1/s1. The molecule has 1 heterocycles. The minimum Gasteiger partial charge on any atom is -0.497 e. The lowest BCUT2D eigenvalue weighted by Gasteiger charge is -2.24. The van der Waals surface area contributed by atoms with Crippen LogP contribution in [-0.4, -0.2) is 30.6 Å². The van der Waals surface area contributed by atoms with Gasteiger partial charge in [-0.25, -0.2) is 0 Å². The molecule has 2 amide bonds. The molecule has 0 saturated carbocycles. The number of anilines is 2. The summed E-state index contributed by atoms with van der Waals surface area (Å²) in [6.07, 6.45) is 0. The molecule has 2 N–H and O–H groups in total. The summed E-state index contributed by atoms with van der Waals surface area (Å²) in [5.74, 6) is -0.306. The summed E-state index contributed by atoms with van der Waals surface area (Å²) in [4.78, 5) is 27.4. The van der Waals surface area contributed by atoms with Gasteiger partial charge in [-0.3, -0.25) is 14.5 Å². The minimum absolute atomic E-state index is 0.221. The van der Waals surface area contributed by atoms with Gasteiger partial charge in [-0.1, -0.05) is 54.1 Å². The van der Waals surface area contributed by atoms with Crippen LogP contribution >= 0.6 is 0 Å². The average Bonchev–Trinajstić information content (AvgIpc) is 2.97. The normalized spacial score (nSPS) is 17.6. The third kappa shape index (κ3) is 3.31. The molecule has 1 atom stereocenters. The number of nitrogens with one attached hydrogen (secondary N) is 1. The fourth-order valence-electron chi connectivity index (χ4n) is 3.79. The summed E-state index contributed by atoms with van der Waals surface area (Å²) >= 11 is 0. The number of methoxy groups -OCH3 is 1. The number of aliphatic hydroxyl groups is 1. The van der Waals surface area contributed by atoms with Crippen molar-refractivity contribution in [3.8, 4) is 5.75 Å². The molecule has 3 aromatic rings. The lowest BCUT2D eigenvalue weighted by atomic mass is 9.87. The highest BCUT2D eigenvalue weighted by molar-refractivity contribution is 6.12. The molecule has 0 aromatic heterocycles. The second-order valence-electron chi connectivity index (χ2n) is 7.27. The molecule has 0 fully saturated rings. The van der Waals surface area contributed by atoms with E-state index in [0.717, 1.165) is 5.56 Å². The van der Waals surface area contributed by atoms with Gasteiger partial charge in [-0.2, -0.15) is 0 Å². The number of nitrogens with zero attached hydrogens (tertiary/aromatic N) is 1. The van der Waals surface area contributed by atoms with E-state index in [1.807, 2.05) is 13.0 Å². The molecule has 3 aromatic carbocycles. The van der Waals surface area contributed by atoms with Gasteiger partial charge >= 0.3 is 0 Å². The summed E-state index contributed by atoms with van der Waals surface area (Å²) in [5.41, 5.74) is 1.13. The predicted octanol–water partition coefficient (Wildman–Crippen LogP) is 3.22. The molecule has 0 radical (unpaired) electrons. The van der Waals surface area contributed by atoms with Crippen LogP contribution in [-0.2, 0) is 15.2 Å². The van der Waals surface area contributed by atoms with E-state index in [1.165, 1.54) is 4.90 Å². The summed E-state index contributed by atoms with van der Waals surface area (Å²) in [6, 6.07) is 21.2. The van der Waals surface area contributed by atoms with E-state index in [-0.39, 0.29) is 12.5 Å². The second kappa shape index (κ2) is 7.65. The monoisotopic (exact) mass is 402 g/mol. The predicted molar refractivity (Wildman–Crippen MR) is 115 cm³/mol. The molecular weight excluding hydrogens is 380 g/mol. The smallest absolute Gasteiger partial charge is 0.268 e. The second-order valence-corrected chi connectivity index (χ2v) is 7.27. The number of carbonyl (C=O) groups excluding carboxylic acids is 2. The summed E-state index contributed by atoms with van der Waals surface area (Å²) in [6.45, 7) is 1.68. The molecule has 4 rings (SSSR count). The number of fused-ring (bicyclic) bond motifs is 1. The van der Waals surface area contributed by atoms with E-state index in [0.29, 0.717) is 28.3 Å². The Morgan fingerprint density at radius 1 is 1.07 bits per heavy atom. The molecule has 0 unspecified atom stereocenters. The molecular formula is C24H22N2O4. The van der Waals surface area contributed by atoms with Crippen molar-refractivity contribution in [3.05, 3.63) is 89.5 Å². The van der Waals surface area contributed by atoms with Crippen LogP contribution in [0.3, 0.4) is 0 Å². The number of hydrogen-bond donors (Lipinski definition) is 2. The van der Waals surface area contributed by atoms with Gasteiger partial charge in [0.1, 0.15) is 12.3 Å². The quantitative estimate of drug-likeness (QED) is 0.687. The zero-order chi connectivity index (χ0) is 21.3. The maximum absolute atomic E-state index is 13.4. The molecule has 152 valence electrons. The highest BCUT2D eigenvalue weighted by atomic mass is 16.5. The van der Waals surface area contributed by atoms with Gasteiger partial charge in [0.2, 0.25) is 5.91 Å². The number of hydrogen-bond acceptors (Lipinski definition) is 4. The molecule has 6 nitrogen and oxygen atoms in total. The van der Waals surface area contributed by atoms with E-state index < -0.39 is 11.5 Å². The first kappa shape index (κ1) is 19.7. The summed E-state index contributed by atoms with van der Waals surface area (Å²) in [5, 5.41) is 14.3. The van der Waals surface area contributed by atoms with Crippen LogP contribution in [0.15, 0.2) is 72.8 Å². The number of benzene rings is 3. The van der Waals surface area contributed by atoms with Crippen molar-refractivity contribution in [3.63, 3.8) is 0 Å². The van der Waals surface area contributed by atoms with E-state index in [2.05, 4.69) is 5.32 Å². The molecule has 1 aliphatic heterocycles. The van der Waals surface area contributed by atoms with Crippen LogP contribution in [0, 0.1) is 6.92 Å². The maximum atomic E-state index is 13.4. The third-order valence-electron chi connectivity index (χ3n) is 5.23. The number of rotatable bonds is 5. The van der Waals surface area contributed by atoms with Gasteiger partial charge in [0.15, 0.2) is 5.60 Å². The first-order valence-corrected chi connectivity index (χ1v) is 9.58. The van der Waals surface area contributed by atoms with Crippen molar-refractivity contribution >= 4 is 23.2 Å². The Bertz CT molecular complexity index is 1130. The Labute approximate surface area is 174 Å². The number of ether oxygens (including phenoxy) is 1.